The number of aryl methyl sites for hydroxylation is 2. The van der Waals surface area contributed by atoms with Gasteiger partial charge in [-0.25, -0.2) is 14.6 Å². The number of nitrogens with one attached hydrogen (secondary N) is 3. The molecular weight excluding hydrogens is 524 g/mol. The molecule has 1 unspecified atom stereocenters. The minimum atomic E-state index is -1.17. The van der Waals surface area contributed by atoms with Gasteiger partial charge < -0.3 is 30.5 Å². The third-order valence-electron chi connectivity index (χ3n) is 5.73. The predicted octanol–water partition coefficient (Wildman–Crippen LogP) is 3.94. The number of phenols is 1. The van der Waals surface area contributed by atoms with E-state index in [1.807, 2.05) is 19.9 Å². The number of methoxy groups -OCH3 is 1. The zero-order valence-corrected chi connectivity index (χ0v) is 24.1. The molecule has 0 bridgehead atoms. The lowest BCUT2D eigenvalue weighted by molar-refractivity contribution is -0.142. The first kappa shape index (κ1) is 31.5. The lowest BCUT2D eigenvalue weighted by atomic mass is 9.97. The van der Waals surface area contributed by atoms with Crippen LogP contribution in [0.15, 0.2) is 24.3 Å². The van der Waals surface area contributed by atoms with Gasteiger partial charge in [-0.3, -0.25) is 9.59 Å². The van der Waals surface area contributed by atoms with Gasteiger partial charge in [0.05, 0.1) is 19.3 Å². The van der Waals surface area contributed by atoms with Gasteiger partial charge in [0.25, 0.3) is 5.91 Å². The summed E-state index contributed by atoms with van der Waals surface area (Å²) in [5, 5.41) is 17.5. The molecule has 2 rings (SSSR count). The number of hydrogen-bond acceptors (Lipinski definition) is 9. The molecule has 1 aromatic heterocycles. The number of carbonyl (C=O) groups is 4. The van der Waals surface area contributed by atoms with E-state index >= 15 is 0 Å². The highest BCUT2D eigenvalue weighted by atomic mass is 32.1. The molecule has 0 fully saturated rings. The molecule has 0 saturated heterocycles. The van der Waals surface area contributed by atoms with Crippen molar-refractivity contribution in [3.63, 3.8) is 0 Å². The topological polar surface area (TPSA) is 156 Å². The Hall–Kier alpha value is -3.67. The molecule has 1 atom stereocenters. The van der Waals surface area contributed by atoms with Gasteiger partial charge in [0, 0.05) is 6.42 Å². The van der Waals surface area contributed by atoms with Crippen LogP contribution in [-0.2, 0) is 25.5 Å². The van der Waals surface area contributed by atoms with E-state index in [1.54, 1.807) is 25.1 Å². The average molecular weight is 563 g/mol. The molecule has 0 spiro atoms. The summed E-state index contributed by atoms with van der Waals surface area (Å²) in [6.45, 7) is 9.15. The minimum absolute atomic E-state index is 0.127. The molecule has 0 radical (unpaired) electrons. The Labute approximate surface area is 232 Å². The van der Waals surface area contributed by atoms with Crippen molar-refractivity contribution < 1.29 is 33.8 Å². The maximum absolute atomic E-state index is 12.9. The van der Waals surface area contributed by atoms with Crippen molar-refractivity contribution in [1.29, 1.82) is 0 Å². The molecule has 214 valence electrons. The van der Waals surface area contributed by atoms with E-state index < -0.39 is 29.6 Å². The van der Waals surface area contributed by atoms with Crippen LogP contribution in [0.3, 0.4) is 0 Å². The Bertz CT molecular complexity index is 1160. The molecule has 0 aliphatic heterocycles. The fourth-order valence-corrected chi connectivity index (χ4v) is 4.42. The van der Waals surface area contributed by atoms with Crippen molar-refractivity contribution in [2.45, 2.75) is 71.9 Å². The third-order valence-corrected chi connectivity index (χ3v) is 6.81. The number of amides is 3. The number of nitrogens with zero attached hydrogens (tertiary/aromatic N) is 1. The van der Waals surface area contributed by atoms with Crippen LogP contribution in [0.2, 0.25) is 0 Å². The number of hydrogen-bond donors (Lipinski definition) is 4. The summed E-state index contributed by atoms with van der Waals surface area (Å²) in [4.78, 5) is 54.4. The van der Waals surface area contributed by atoms with Crippen molar-refractivity contribution in [2.75, 3.05) is 19.0 Å². The summed E-state index contributed by atoms with van der Waals surface area (Å²) in [6, 6.07) is 5.48. The number of aromatic hydroxyl groups is 1. The molecule has 4 N–H and O–H groups in total. The van der Waals surface area contributed by atoms with E-state index in [4.69, 9.17) is 9.47 Å². The van der Waals surface area contributed by atoms with Gasteiger partial charge in [-0.2, -0.15) is 0 Å². The van der Waals surface area contributed by atoms with Crippen molar-refractivity contribution in [2.24, 2.45) is 5.92 Å². The van der Waals surface area contributed by atoms with Crippen molar-refractivity contribution in [3.05, 3.63) is 40.4 Å². The second-order valence-corrected chi connectivity index (χ2v) is 11.2. The Morgan fingerprint density at radius 1 is 1.18 bits per heavy atom. The Balaban J connectivity index is 1.95. The number of esters is 1. The molecule has 12 heteroatoms. The molecule has 39 heavy (non-hydrogen) atoms. The number of ether oxygens (including phenoxy) is 2. The summed E-state index contributed by atoms with van der Waals surface area (Å²) in [6.07, 6.45) is 1.42. The third kappa shape index (κ3) is 10.9. The minimum Gasteiger partial charge on any atom is -0.508 e. The molecule has 3 amide bonds. The van der Waals surface area contributed by atoms with Crippen LogP contribution in [0.4, 0.5) is 9.93 Å². The number of rotatable bonds is 13. The van der Waals surface area contributed by atoms with Gasteiger partial charge in [0.15, 0.2) is 5.13 Å². The van der Waals surface area contributed by atoms with Gasteiger partial charge in [0.2, 0.25) is 5.91 Å². The Kier molecular flexibility index (Phi) is 11.7. The van der Waals surface area contributed by atoms with Gasteiger partial charge in [0.1, 0.15) is 22.3 Å². The maximum Gasteiger partial charge on any atom is 0.407 e. The molecule has 1 aromatic carbocycles. The second kappa shape index (κ2) is 14.5. The molecule has 0 saturated carbocycles. The van der Waals surface area contributed by atoms with Gasteiger partial charge in [-0.15, -0.1) is 0 Å². The van der Waals surface area contributed by atoms with Gasteiger partial charge >= 0.3 is 12.1 Å². The lowest BCUT2D eigenvalue weighted by Gasteiger charge is -2.26. The van der Waals surface area contributed by atoms with Crippen LogP contribution >= 0.6 is 11.3 Å². The Morgan fingerprint density at radius 3 is 2.54 bits per heavy atom. The number of alkyl carbamates (subject to hydrolysis) is 1. The first-order valence-electron chi connectivity index (χ1n) is 12.7. The summed E-state index contributed by atoms with van der Waals surface area (Å²) in [7, 11) is 1.18. The van der Waals surface area contributed by atoms with Crippen LogP contribution in [0.1, 0.15) is 67.9 Å². The number of benzene rings is 1. The first-order chi connectivity index (χ1) is 18.3. The van der Waals surface area contributed by atoms with Crippen LogP contribution in [0.5, 0.6) is 5.75 Å². The monoisotopic (exact) mass is 562 g/mol. The fraction of sp³-hybridized carbons (Fsp3) is 0.519. The van der Waals surface area contributed by atoms with E-state index in [0.29, 0.717) is 24.5 Å². The van der Waals surface area contributed by atoms with E-state index in [9.17, 15) is 24.3 Å². The van der Waals surface area contributed by atoms with E-state index in [-0.39, 0.29) is 34.6 Å². The SMILES string of the molecule is COC(=O)C(CNC(=O)OC(C)(C)CCC(C)C)NC(=O)c1sc(NC(=O)CCc2cccc(O)c2)nc1C. The highest BCUT2D eigenvalue weighted by molar-refractivity contribution is 7.17. The molecule has 0 aliphatic rings. The standard InChI is InChI=1S/C27H38N4O7S/c1-16(2)12-13-27(4,5)38-26(36)28-15-20(24(35)37-6)30-23(34)22-17(3)29-25(39-22)31-21(33)11-10-18-8-7-9-19(32)14-18/h7-9,14,16,20,32H,10-13,15H2,1-6H3,(H,28,36)(H,30,34)(H,29,31,33). The Morgan fingerprint density at radius 2 is 1.90 bits per heavy atom. The first-order valence-corrected chi connectivity index (χ1v) is 13.5. The highest BCUT2D eigenvalue weighted by Gasteiger charge is 2.28. The normalized spacial score (nSPS) is 12.0. The van der Waals surface area contributed by atoms with Crippen molar-refractivity contribution in [3.8, 4) is 5.75 Å². The second-order valence-electron chi connectivity index (χ2n) is 10.2. The number of phenolic OH excluding ortho intramolecular Hbond substituents is 1. The summed E-state index contributed by atoms with van der Waals surface area (Å²) in [5.74, 6) is -1.06. The predicted molar refractivity (Wildman–Crippen MR) is 148 cm³/mol. The largest absolute Gasteiger partial charge is 0.508 e. The summed E-state index contributed by atoms with van der Waals surface area (Å²) >= 11 is 0.962. The maximum atomic E-state index is 12.9. The summed E-state index contributed by atoms with van der Waals surface area (Å²) < 4.78 is 10.3. The number of carbonyl (C=O) groups excluding carboxylic acids is 4. The molecule has 0 aliphatic carbocycles. The zero-order valence-electron chi connectivity index (χ0n) is 23.3. The van der Waals surface area contributed by atoms with E-state index in [1.165, 1.54) is 7.11 Å². The molecular formula is C27H38N4O7S. The quantitative estimate of drug-likeness (QED) is 0.268. The molecule has 11 nitrogen and oxygen atoms in total. The van der Waals surface area contributed by atoms with E-state index in [0.717, 1.165) is 23.3 Å². The number of anilines is 1. The fourth-order valence-electron chi connectivity index (χ4n) is 3.53. The van der Waals surface area contributed by atoms with Crippen molar-refractivity contribution >= 4 is 40.3 Å². The molecule has 1 heterocycles. The number of thiazole rings is 1. The van der Waals surface area contributed by atoms with Crippen molar-refractivity contribution in [1.82, 2.24) is 15.6 Å². The van der Waals surface area contributed by atoms with Crippen LogP contribution in [-0.4, -0.2) is 59.3 Å². The highest BCUT2D eigenvalue weighted by Crippen LogP contribution is 2.23. The van der Waals surface area contributed by atoms with Gasteiger partial charge in [-0.1, -0.05) is 37.3 Å². The average Bonchev–Trinajstić information content (AvgIpc) is 3.23. The van der Waals surface area contributed by atoms with Crippen LogP contribution in [0.25, 0.3) is 0 Å². The lowest BCUT2D eigenvalue weighted by Crippen LogP contribution is -2.49. The zero-order chi connectivity index (χ0) is 29.2. The van der Waals surface area contributed by atoms with Crippen LogP contribution < -0.4 is 16.0 Å². The summed E-state index contributed by atoms with van der Waals surface area (Å²) in [5.41, 5.74) is 0.483. The number of aromatic nitrogens is 1. The van der Waals surface area contributed by atoms with Gasteiger partial charge in [-0.05, 0) is 63.6 Å². The molecule has 2 aromatic rings. The van der Waals surface area contributed by atoms with E-state index in [2.05, 4.69) is 34.8 Å². The van der Waals surface area contributed by atoms with Crippen LogP contribution in [0, 0.1) is 12.8 Å². The smallest absolute Gasteiger partial charge is 0.407 e.